The van der Waals surface area contributed by atoms with Gasteiger partial charge in [0, 0.05) is 27.2 Å². The number of aryl methyl sites for hydroxylation is 2. The van der Waals surface area contributed by atoms with Gasteiger partial charge in [0.15, 0.2) is 5.13 Å². The number of hydrogen-bond acceptors (Lipinski definition) is 5. The number of benzene rings is 3. The number of anilines is 2. The Kier molecular flexibility index (Phi) is 6.51. The molecule has 4 aromatic rings. The molecule has 0 bridgehead atoms. The molecule has 2 N–H and O–H groups in total. The van der Waals surface area contributed by atoms with Gasteiger partial charge in [-0.1, -0.05) is 23.7 Å². The molecule has 9 heteroatoms. The highest BCUT2D eigenvalue weighted by Crippen LogP contribution is 2.27. The molecule has 3 aromatic carbocycles. The molecule has 1 aromatic heterocycles. The summed E-state index contributed by atoms with van der Waals surface area (Å²) < 4.78 is 27.5. The average molecular weight is 498 g/mol. The van der Waals surface area contributed by atoms with Crippen molar-refractivity contribution in [1.29, 1.82) is 0 Å². The third-order valence-corrected chi connectivity index (χ3v) is 7.46. The number of thiazole rings is 1. The molecule has 0 saturated heterocycles. The highest BCUT2D eigenvalue weighted by atomic mass is 35.5. The van der Waals surface area contributed by atoms with E-state index >= 15 is 0 Å². The fraction of sp³-hybridized carbons (Fsp3) is 0.0833. The van der Waals surface area contributed by atoms with E-state index in [1.165, 1.54) is 58.9 Å². The van der Waals surface area contributed by atoms with E-state index in [4.69, 9.17) is 11.6 Å². The van der Waals surface area contributed by atoms with E-state index in [-0.39, 0.29) is 10.8 Å². The average Bonchev–Trinajstić information content (AvgIpc) is 3.24. The maximum absolute atomic E-state index is 12.6. The van der Waals surface area contributed by atoms with Gasteiger partial charge in [-0.15, -0.1) is 11.3 Å². The van der Waals surface area contributed by atoms with Crippen molar-refractivity contribution in [1.82, 2.24) is 4.98 Å². The van der Waals surface area contributed by atoms with Crippen molar-refractivity contribution in [2.45, 2.75) is 18.7 Å². The Morgan fingerprint density at radius 1 is 0.939 bits per heavy atom. The smallest absolute Gasteiger partial charge is 0.261 e. The zero-order valence-electron chi connectivity index (χ0n) is 17.8. The maximum Gasteiger partial charge on any atom is 0.261 e. The molecular formula is C24H20ClN3O3S2. The summed E-state index contributed by atoms with van der Waals surface area (Å²) in [6.45, 7) is 4.10. The molecule has 168 valence electrons. The number of sulfonamides is 1. The lowest BCUT2D eigenvalue weighted by atomic mass is 10.1. The monoisotopic (exact) mass is 497 g/mol. The van der Waals surface area contributed by atoms with Crippen LogP contribution in [0.5, 0.6) is 0 Å². The summed E-state index contributed by atoms with van der Waals surface area (Å²) >= 11 is 7.16. The fourth-order valence-electron chi connectivity index (χ4n) is 3.05. The van der Waals surface area contributed by atoms with Gasteiger partial charge in [0.1, 0.15) is 0 Å². The Morgan fingerprint density at radius 3 is 2.30 bits per heavy atom. The van der Waals surface area contributed by atoms with Crippen LogP contribution in [0.3, 0.4) is 0 Å². The zero-order valence-corrected chi connectivity index (χ0v) is 20.2. The van der Waals surface area contributed by atoms with E-state index < -0.39 is 10.0 Å². The maximum atomic E-state index is 12.6. The Labute approximate surface area is 201 Å². The molecule has 33 heavy (non-hydrogen) atoms. The summed E-state index contributed by atoms with van der Waals surface area (Å²) in [5, 5.41) is 5.62. The summed E-state index contributed by atoms with van der Waals surface area (Å²) in [4.78, 5) is 17.2. The zero-order chi connectivity index (χ0) is 23.6. The number of amides is 1. The molecule has 0 atom stereocenters. The van der Waals surface area contributed by atoms with Gasteiger partial charge in [0.2, 0.25) is 0 Å². The molecule has 0 spiro atoms. The van der Waals surface area contributed by atoms with Crippen molar-refractivity contribution in [2.75, 3.05) is 10.0 Å². The van der Waals surface area contributed by atoms with E-state index in [1.807, 2.05) is 24.4 Å². The van der Waals surface area contributed by atoms with Gasteiger partial charge < -0.3 is 0 Å². The van der Waals surface area contributed by atoms with Gasteiger partial charge >= 0.3 is 0 Å². The predicted octanol–water partition coefficient (Wildman–Crippen LogP) is 6.13. The Hall–Kier alpha value is -3.20. The summed E-state index contributed by atoms with van der Waals surface area (Å²) in [6, 6.07) is 18.1. The predicted molar refractivity (Wildman–Crippen MR) is 134 cm³/mol. The molecule has 0 fully saturated rings. The fourth-order valence-corrected chi connectivity index (χ4v) is 4.95. The van der Waals surface area contributed by atoms with Crippen molar-refractivity contribution < 1.29 is 13.2 Å². The Balaban J connectivity index is 1.43. The van der Waals surface area contributed by atoms with Crippen molar-refractivity contribution in [2.24, 2.45) is 0 Å². The van der Waals surface area contributed by atoms with Gasteiger partial charge in [-0.3, -0.25) is 14.8 Å². The summed E-state index contributed by atoms with van der Waals surface area (Å²) in [7, 11) is -3.76. The van der Waals surface area contributed by atoms with Crippen LogP contribution in [-0.2, 0) is 10.0 Å². The lowest BCUT2D eigenvalue weighted by Crippen LogP contribution is -2.14. The lowest BCUT2D eigenvalue weighted by molar-refractivity contribution is 0.102. The third kappa shape index (κ3) is 5.42. The number of hydrogen-bond donors (Lipinski definition) is 2. The van der Waals surface area contributed by atoms with Crippen molar-refractivity contribution in [3.8, 4) is 11.3 Å². The Morgan fingerprint density at radius 2 is 1.64 bits per heavy atom. The number of nitrogens with one attached hydrogen (secondary N) is 2. The van der Waals surface area contributed by atoms with Gasteiger partial charge in [0.05, 0.1) is 10.6 Å². The standard InChI is InChI=1S/C24H20ClN3O3S2/c1-15-3-4-18(13-16(15)2)22-14-32-24(26-22)27-23(29)17-5-9-20(10-6-17)28-33(30,31)21-11-7-19(25)8-12-21/h3-14,28H,1-2H3,(H,26,27,29). The van der Waals surface area contributed by atoms with Crippen LogP contribution in [0.25, 0.3) is 11.3 Å². The number of aromatic nitrogens is 1. The highest BCUT2D eigenvalue weighted by Gasteiger charge is 2.15. The molecule has 4 rings (SSSR count). The first-order chi connectivity index (χ1) is 15.7. The molecule has 1 heterocycles. The third-order valence-electron chi connectivity index (χ3n) is 5.05. The minimum atomic E-state index is -3.76. The molecule has 0 aliphatic carbocycles. The van der Waals surface area contributed by atoms with Crippen molar-refractivity contribution in [3.63, 3.8) is 0 Å². The second-order valence-electron chi connectivity index (χ2n) is 7.43. The van der Waals surface area contributed by atoms with E-state index in [1.54, 1.807) is 12.1 Å². The van der Waals surface area contributed by atoms with Gasteiger partial charge in [-0.05, 0) is 79.6 Å². The lowest BCUT2D eigenvalue weighted by Gasteiger charge is -2.09. The minimum Gasteiger partial charge on any atom is -0.298 e. The molecule has 0 unspecified atom stereocenters. The SMILES string of the molecule is Cc1ccc(-c2csc(NC(=O)c3ccc(NS(=O)(=O)c4ccc(Cl)cc4)cc3)n2)cc1C. The largest absolute Gasteiger partial charge is 0.298 e. The number of rotatable bonds is 6. The van der Waals surface area contributed by atoms with Gasteiger partial charge in [-0.2, -0.15) is 0 Å². The molecule has 1 amide bonds. The molecule has 0 aliphatic rings. The summed E-state index contributed by atoms with van der Waals surface area (Å²) in [6.07, 6.45) is 0. The van der Waals surface area contributed by atoms with E-state index in [9.17, 15) is 13.2 Å². The van der Waals surface area contributed by atoms with Crippen LogP contribution in [0, 0.1) is 13.8 Å². The minimum absolute atomic E-state index is 0.0945. The molecular weight excluding hydrogens is 478 g/mol. The Bertz CT molecular complexity index is 1410. The van der Waals surface area contributed by atoms with Crippen LogP contribution in [0.4, 0.5) is 10.8 Å². The van der Waals surface area contributed by atoms with Crippen LogP contribution in [0.1, 0.15) is 21.5 Å². The summed E-state index contributed by atoms with van der Waals surface area (Å²) in [5.41, 5.74) is 4.90. The van der Waals surface area contributed by atoms with Crippen LogP contribution in [0.2, 0.25) is 5.02 Å². The topological polar surface area (TPSA) is 88.2 Å². The number of carbonyl (C=O) groups excluding carboxylic acids is 1. The van der Waals surface area contributed by atoms with Crippen molar-refractivity contribution >= 4 is 49.7 Å². The van der Waals surface area contributed by atoms with E-state index in [2.05, 4.69) is 28.0 Å². The van der Waals surface area contributed by atoms with Gasteiger partial charge in [-0.25, -0.2) is 13.4 Å². The first kappa shape index (κ1) is 23.0. The second kappa shape index (κ2) is 9.35. The first-order valence-corrected chi connectivity index (χ1v) is 12.7. The van der Waals surface area contributed by atoms with Crippen LogP contribution in [0.15, 0.2) is 77.0 Å². The summed E-state index contributed by atoms with van der Waals surface area (Å²) in [5.74, 6) is -0.330. The quantitative estimate of drug-likeness (QED) is 0.335. The van der Waals surface area contributed by atoms with E-state index in [0.29, 0.717) is 21.4 Å². The van der Waals surface area contributed by atoms with Crippen LogP contribution >= 0.6 is 22.9 Å². The first-order valence-electron chi connectivity index (χ1n) is 9.94. The van der Waals surface area contributed by atoms with Crippen LogP contribution < -0.4 is 10.0 Å². The molecule has 0 saturated carbocycles. The number of nitrogens with zero attached hydrogens (tertiary/aromatic N) is 1. The van der Waals surface area contributed by atoms with E-state index in [0.717, 1.165) is 11.3 Å². The number of halogens is 1. The molecule has 0 radical (unpaired) electrons. The van der Waals surface area contributed by atoms with Gasteiger partial charge in [0.25, 0.3) is 15.9 Å². The normalized spacial score (nSPS) is 11.2. The molecule has 6 nitrogen and oxygen atoms in total. The number of carbonyl (C=O) groups is 1. The highest BCUT2D eigenvalue weighted by molar-refractivity contribution is 7.92. The second-order valence-corrected chi connectivity index (χ2v) is 10.4. The van der Waals surface area contributed by atoms with Crippen molar-refractivity contribution in [3.05, 3.63) is 93.8 Å². The molecule has 0 aliphatic heterocycles. The van der Waals surface area contributed by atoms with Crippen LogP contribution in [-0.4, -0.2) is 19.3 Å².